The zero-order valence-electron chi connectivity index (χ0n) is 12.2. The standard InChI is InChI=1S/C15H21N3O2S/c1-20-13-5-7-18(10-13)8-6-14(19)17-12-4-2-3-11(9-12)15(16)21/h2-4,9,13H,5-8,10H2,1H3,(H2,16,21)(H,17,19). The fourth-order valence-electron chi connectivity index (χ4n) is 2.43. The quantitative estimate of drug-likeness (QED) is 0.777. The van der Waals surface area contributed by atoms with Gasteiger partial charge < -0.3 is 20.7 Å². The minimum Gasteiger partial charge on any atom is -0.389 e. The highest BCUT2D eigenvalue weighted by Gasteiger charge is 2.22. The molecule has 2 rings (SSSR count). The number of nitrogens with two attached hydrogens (primary N) is 1. The number of carbonyl (C=O) groups is 1. The highest BCUT2D eigenvalue weighted by molar-refractivity contribution is 7.80. The van der Waals surface area contributed by atoms with Crippen LogP contribution < -0.4 is 11.1 Å². The first-order chi connectivity index (χ1) is 10.1. The van der Waals surface area contributed by atoms with Crippen molar-refractivity contribution >= 4 is 28.8 Å². The minimum atomic E-state index is -0.00374. The molecule has 0 bridgehead atoms. The van der Waals surface area contributed by atoms with Crippen LogP contribution in [0.15, 0.2) is 24.3 Å². The van der Waals surface area contributed by atoms with Crippen molar-refractivity contribution in [2.75, 3.05) is 32.1 Å². The first-order valence-corrected chi connectivity index (χ1v) is 7.44. The monoisotopic (exact) mass is 307 g/mol. The lowest BCUT2D eigenvalue weighted by atomic mass is 10.2. The molecule has 1 unspecified atom stereocenters. The molecule has 0 aromatic heterocycles. The van der Waals surface area contributed by atoms with E-state index in [-0.39, 0.29) is 5.91 Å². The fourth-order valence-corrected chi connectivity index (χ4v) is 2.55. The first kappa shape index (κ1) is 15.9. The third kappa shape index (κ3) is 4.77. The predicted octanol–water partition coefficient (Wildman–Crippen LogP) is 1.37. The summed E-state index contributed by atoms with van der Waals surface area (Å²) in [6.45, 7) is 2.64. The summed E-state index contributed by atoms with van der Waals surface area (Å²) < 4.78 is 5.31. The van der Waals surface area contributed by atoms with Gasteiger partial charge >= 0.3 is 0 Å². The second-order valence-corrected chi connectivity index (χ2v) is 5.63. The average molecular weight is 307 g/mol. The van der Waals surface area contributed by atoms with Gasteiger partial charge in [-0.2, -0.15) is 0 Å². The molecule has 5 nitrogen and oxygen atoms in total. The van der Waals surface area contributed by atoms with Gasteiger partial charge in [-0.05, 0) is 18.6 Å². The molecule has 1 fully saturated rings. The van der Waals surface area contributed by atoms with Gasteiger partial charge in [-0.1, -0.05) is 24.4 Å². The van der Waals surface area contributed by atoms with E-state index >= 15 is 0 Å². The van der Waals surface area contributed by atoms with Gasteiger partial charge in [0.15, 0.2) is 0 Å². The number of hydrogen-bond donors (Lipinski definition) is 2. The van der Waals surface area contributed by atoms with Gasteiger partial charge in [-0.15, -0.1) is 0 Å². The van der Waals surface area contributed by atoms with E-state index in [0.29, 0.717) is 17.5 Å². The second kappa shape index (κ2) is 7.49. The van der Waals surface area contributed by atoms with Crippen LogP contribution in [0.5, 0.6) is 0 Å². The number of benzene rings is 1. The van der Waals surface area contributed by atoms with Gasteiger partial charge in [0.2, 0.25) is 5.91 Å². The molecule has 21 heavy (non-hydrogen) atoms. The van der Waals surface area contributed by atoms with E-state index in [0.717, 1.165) is 37.3 Å². The number of anilines is 1. The molecule has 1 aromatic rings. The number of nitrogens with zero attached hydrogens (tertiary/aromatic N) is 1. The molecule has 3 N–H and O–H groups in total. The van der Waals surface area contributed by atoms with Gasteiger partial charge in [0, 0.05) is 44.4 Å². The number of methoxy groups -OCH3 is 1. The maximum absolute atomic E-state index is 12.0. The average Bonchev–Trinajstić information content (AvgIpc) is 2.93. The molecule has 0 spiro atoms. The molecular weight excluding hydrogens is 286 g/mol. The highest BCUT2D eigenvalue weighted by Crippen LogP contribution is 2.13. The third-order valence-corrected chi connectivity index (χ3v) is 3.88. The third-order valence-electron chi connectivity index (χ3n) is 3.65. The predicted molar refractivity (Wildman–Crippen MR) is 87.4 cm³/mol. The van der Waals surface area contributed by atoms with Crippen molar-refractivity contribution in [2.24, 2.45) is 5.73 Å². The van der Waals surface area contributed by atoms with Crippen LogP contribution in [0.1, 0.15) is 18.4 Å². The normalized spacial score (nSPS) is 18.6. The van der Waals surface area contributed by atoms with E-state index in [1.807, 2.05) is 18.2 Å². The van der Waals surface area contributed by atoms with E-state index in [4.69, 9.17) is 22.7 Å². The summed E-state index contributed by atoms with van der Waals surface area (Å²) in [4.78, 5) is 14.5. The van der Waals surface area contributed by atoms with E-state index in [1.54, 1.807) is 13.2 Å². The van der Waals surface area contributed by atoms with Crippen molar-refractivity contribution in [3.05, 3.63) is 29.8 Å². The van der Waals surface area contributed by atoms with Crippen LogP contribution in [0, 0.1) is 0 Å². The summed E-state index contributed by atoms with van der Waals surface area (Å²) >= 11 is 4.93. The number of amides is 1. The number of carbonyl (C=O) groups excluding carboxylic acids is 1. The molecule has 6 heteroatoms. The number of nitrogens with one attached hydrogen (secondary N) is 1. The van der Waals surface area contributed by atoms with Gasteiger partial charge in [-0.3, -0.25) is 4.79 Å². The Bertz CT molecular complexity index is 521. The molecule has 0 radical (unpaired) electrons. The molecule has 114 valence electrons. The molecule has 1 saturated heterocycles. The van der Waals surface area contributed by atoms with E-state index < -0.39 is 0 Å². The van der Waals surface area contributed by atoms with Crippen molar-refractivity contribution in [3.8, 4) is 0 Å². The van der Waals surface area contributed by atoms with Crippen molar-refractivity contribution in [1.82, 2.24) is 4.90 Å². The van der Waals surface area contributed by atoms with Crippen LogP contribution >= 0.6 is 12.2 Å². The molecular formula is C15H21N3O2S. The van der Waals surface area contributed by atoms with Crippen LogP contribution in [0.2, 0.25) is 0 Å². The van der Waals surface area contributed by atoms with Gasteiger partial charge in [-0.25, -0.2) is 0 Å². The van der Waals surface area contributed by atoms with Crippen LogP contribution in [-0.4, -0.2) is 48.6 Å². The van der Waals surface area contributed by atoms with Gasteiger partial charge in [0.05, 0.1) is 6.10 Å². The molecule has 0 aliphatic carbocycles. The molecule has 0 saturated carbocycles. The number of thiocarbonyl (C=S) groups is 1. The summed E-state index contributed by atoms with van der Waals surface area (Å²) in [6.07, 6.45) is 1.80. The Morgan fingerprint density at radius 1 is 1.57 bits per heavy atom. The summed E-state index contributed by atoms with van der Waals surface area (Å²) in [6, 6.07) is 7.27. The number of likely N-dealkylation sites (tertiary alicyclic amines) is 1. The zero-order valence-corrected chi connectivity index (χ0v) is 13.0. The Labute approximate surface area is 130 Å². The second-order valence-electron chi connectivity index (χ2n) is 5.19. The zero-order chi connectivity index (χ0) is 15.2. The Balaban J connectivity index is 1.79. The van der Waals surface area contributed by atoms with Crippen molar-refractivity contribution < 1.29 is 9.53 Å². The highest BCUT2D eigenvalue weighted by atomic mass is 32.1. The van der Waals surface area contributed by atoms with Crippen molar-refractivity contribution in [1.29, 1.82) is 0 Å². The van der Waals surface area contributed by atoms with E-state index in [2.05, 4.69) is 10.2 Å². The summed E-state index contributed by atoms with van der Waals surface area (Å²) in [7, 11) is 1.73. The fraction of sp³-hybridized carbons (Fsp3) is 0.467. The largest absolute Gasteiger partial charge is 0.389 e. The molecule has 1 atom stereocenters. The molecule has 1 aromatic carbocycles. The first-order valence-electron chi connectivity index (χ1n) is 7.03. The SMILES string of the molecule is COC1CCN(CCC(=O)Nc2cccc(C(N)=S)c2)C1. The van der Waals surface area contributed by atoms with Crippen LogP contribution in [0.4, 0.5) is 5.69 Å². The lowest BCUT2D eigenvalue weighted by molar-refractivity contribution is -0.116. The number of hydrogen-bond acceptors (Lipinski definition) is 4. The Hall–Kier alpha value is -1.50. The number of ether oxygens (including phenoxy) is 1. The molecule has 1 amide bonds. The summed E-state index contributed by atoms with van der Waals surface area (Å²) in [5.41, 5.74) is 7.06. The topological polar surface area (TPSA) is 67.6 Å². The molecule has 1 aliphatic rings. The summed E-state index contributed by atoms with van der Waals surface area (Å²) in [5.74, 6) is -0.00374. The minimum absolute atomic E-state index is 0.00374. The van der Waals surface area contributed by atoms with Crippen LogP contribution in [-0.2, 0) is 9.53 Å². The van der Waals surface area contributed by atoms with Crippen molar-refractivity contribution in [2.45, 2.75) is 18.9 Å². The van der Waals surface area contributed by atoms with E-state index in [9.17, 15) is 4.79 Å². The Morgan fingerprint density at radius 2 is 2.38 bits per heavy atom. The molecule has 1 heterocycles. The maximum Gasteiger partial charge on any atom is 0.225 e. The Morgan fingerprint density at radius 3 is 3.05 bits per heavy atom. The van der Waals surface area contributed by atoms with Gasteiger partial charge in [0.25, 0.3) is 0 Å². The number of rotatable bonds is 6. The van der Waals surface area contributed by atoms with Crippen LogP contribution in [0.25, 0.3) is 0 Å². The van der Waals surface area contributed by atoms with Gasteiger partial charge in [0.1, 0.15) is 4.99 Å². The van der Waals surface area contributed by atoms with Crippen LogP contribution in [0.3, 0.4) is 0 Å². The van der Waals surface area contributed by atoms with Crippen molar-refractivity contribution in [3.63, 3.8) is 0 Å². The maximum atomic E-state index is 12.0. The van der Waals surface area contributed by atoms with E-state index in [1.165, 1.54) is 0 Å². The lowest BCUT2D eigenvalue weighted by Gasteiger charge is -2.15. The molecule has 1 aliphatic heterocycles. The Kier molecular flexibility index (Phi) is 5.67. The summed E-state index contributed by atoms with van der Waals surface area (Å²) in [5, 5.41) is 2.87. The smallest absolute Gasteiger partial charge is 0.225 e. The lowest BCUT2D eigenvalue weighted by Crippen LogP contribution is -2.27.